The zero-order valence-corrected chi connectivity index (χ0v) is 14.5. The van der Waals surface area contributed by atoms with Crippen LogP contribution in [0.25, 0.3) is 0 Å². The number of nitrogens with two attached hydrogens (primary N) is 1. The Kier molecular flexibility index (Phi) is 4.73. The van der Waals surface area contributed by atoms with E-state index in [0.29, 0.717) is 6.54 Å². The second kappa shape index (κ2) is 6.64. The SMILES string of the molecule is NC(=O)c1cccc(S(=O)(=O)N2CC(CO)C(c3ccsc3)C2)c1. The molecule has 0 saturated carbocycles. The van der Waals surface area contributed by atoms with E-state index in [9.17, 15) is 18.3 Å². The lowest BCUT2D eigenvalue weighted by Gasteiger charge is -2.16. The Morgan fingerprint density at radius 1 is 1.33 bits per heavy atom. The standard InChI is InChI=1S/C16H18N2O4S2/c17-16(20)11-2-1-3-14(6-11)24(21,22)18-7-13(9-19)15(8-18)12-4-5-23-10-12/h1-6,10,13,15,19H,7-9H2,(H2,17,20). The average molecular weight is 366 g/mol. The Labute approximate surface area is 144 Å². The van der Waals surface area contributed by atoms with Gasteiger partial charge < -0.3 is 10.8 Å². The summed E-state index contributed by atoms with van der Waals surface area (Å²) in [5, 5.41) is 13.6. The quantitative estimate of drug-likeness (QED) is 0.831. The third-order valence-corrected chi connectivity index (χ3v) is 6.90. The molecule has 8 heteroatoms. The number of carbonyl (C=O) groups excluding carboxylic acids is 1. The van der Waals surface area contributed by atoms with Gasteiger partial charge in [-0.15, -0.1) is 0 Å². The van der Waals surface area contributed by atoms with E-state index >= 15 is 0 Å². The van der Waals surface area contributed by atoms with Crippen LogP contribution in [0.3, 0.4) is 0 Å². The van der Waals surface area contributed by atoms with Crippen molar-refractivity contribution < 1.29 is 18.3 Å². The van der Waals surface area contributed by atoms with Crippen molar-refractivity contribution in [2.24, 2.45) is 11.7 Å². The van der Waals surface area contributed by atoms with Gasteiger partial charge in [-0.2, -0.15) is 15.6 Å². The molecule has 1 saturated heterocycles. The summed E-state index contributed by atoms with van der Waals surface area (Å²) in [6.07, 6.45) is 0. The molecule has 1 fully saturated rings. The molecule has 128 valence electrons. The Morgan fingerprint density at radius 2 is 2.12 bits per heavy atom. The number of benzene rings is 1. The van der Waals surface area contributed by atoms with Crippen LogP contribution in [-0.4, -0.2) is 43.4 Å². The highest BCUT2D eigenvalue weighted by Crippen LogP contribution is 2.36. The second-order valence-corrected chi connectivity index (χ2v) is 8.54. The Bertz CT molecular complexity index is 834. The molecule has 24 heavy (non-hydrogen) atoms. The third-order valence-electron chi connectivity index (χ3n) is 4.37. The van der Waals surface area contributed by atoms with Gasteiger partial charge in [-0.05, 0) is 40.6 Å². The van der Waals surface area contributed by atoms with Gasteiger partial charge in [0.15, 0.2) is 0 Å². The molecule has 6 nitrogen and oxygen atoms in total. The van der Waals surface area contributed by atoms with Gasteiger partial charge >= 0.3 is 0 Å². The topological polar surface area (TPSA) is 101 Å². The van der Waals surface area contributed by atoms with Gasteiger partial charge in [0, 0.05) is 37.1 Å². The Morgan fingerprint density at radius 3 is 2.75 bits per heavy atom. The first-order valence-electron chi connectivity index (χ1n) is 7.46. The highest BCUT2D eigenvalue weighted by Gasteiger charge is 2.39. The van der Waals surface area contributed by atoms with Crippen molar-refractivity contribution in [1.82, 2.24) is 4.31 Å². The number of aliphatic hydroxyl groups is 1. The number of aliphatic hydroxyl groups excluding tert-OH is 1. The number of primary amides is 1. The van der Waals surface area contributed by atoms with Gasteiger partial charge in [-0.1, -0.05) is 6.07 Å². The van der Waals surface area contributed by atoms with E-state index in [1.54, 1.807) is 11.3 Å². The predicted molar refractivity (Wildman–Crippen MR) is 91.4 cm³/mol. The first kappa shape index (κ1) is 17.1. The molecule has 1 amide bonds. The smallest absolute Gasteiger partial charge is 0.248 e. The first-order valence-corrected chi connectivity index (χ1v) is 9.84. The minimum atomic E-state index is -3.74. The zero-order valence-electron chi connectivity index (χ0n) is 12.8. The van der Waals surface area contributed by atoms with Crippen molar-refractivity contribution in [3.05, 3.63) is 52.2 Å². The molecule has 3 N–H and O–H groups in total. The minimum absolute atomic E-state index is 0.0321. The average Bonchev–Trinajstić information content (AvgIpc) is 3.23. The molecule has 0 bridgehead atoms. The van der Waals surface area contributed by atoms with Gasteiger partial charge in [0.1, 0.15) is 0 Å². The van der Waals surface area contributed by atoms with E-state index in [0.717, 1.165) is 5.56 Å². The van der Waals surface area contributed by atoms with Gasteiger partial charge in [-0.3, -0.25) is 4.79 Å². The summed E-state index contributed by atoms with van der Waals surface area (Å²) in [5.74, 6) is -0.845. The molecule has 2 unspecified atom stereocenters. The fourth-order valence-corrected chi connectivity index (χ4v) is 5.33. The molecule has 1 aliphatic rings. The summed E-state index contributed by atoms with van der Waals surface area (Å²) in [4.78, 5) is 11.3. The fourth-order valence-electron chi connectivity index (χ4n) is 3.04. The molecule has 2 atom stereocenters. The van der Waals surface area contributed by atoms with E-state index in [2.05, 4.69) is 0 Å². The van der Waals surface area contributed by atoms with Gasteiger partial charge in [0.2, 0.25) is 15.9 Å². The maximum Gasteiger partial charge on any atom is 0.248 e. The summed E-state index contributed by atoms with van der Waals surface area (Å²) in [6, 6.07) is 7.69. The summed E-state index contributed by atoms with van der Waals surface area (Å²) >= 11 is 1.55. The number of sulfonamides is 1. The second-order valence-electron chi connectivity index (χ2n) is 5.82. The lowest BCUT2D eigenvalue weighted by Crippen LogP contribution is -2.29. The number of carbonyl (C=O) groups is 1. The number of thiophene rings is 1. The molecule has 2 aromatic rings. The molecular weight excluding hydrogens is 348 g/mol. The monoisotopic (exact) mass is 366 g/mol. The largest absolute Gasteiger partial charge is 0.396 e. The number of rotatable bonds is 5. The van der Waals surface area contributed by atoms with Crippen LogP contribution in [0, 0.1) is 5.92 Å². The molecule has 1 aromatic carbocycles. The number of hydrogen-bond acceptors (Lipinski definition) is 5. The van der Waals surface area contributed by atoms with Gasteiger partial charge in [-0.25, -0.2) is 8.42 Å². The third kappa shape index (κ3) is 3.10. The fraction of sp³-hybridized carbons (Fsp3) is 0.312. The van der Waals surface area contributed by atoms with E-state index < -0.39 is 15.9 Å². The summed E-state index contributed by atoms with van der Waals surface area (Å²) in [5.41, 5.74) is 6.43. The first-order chi connectivity index (χ1) is 11.4. The minimum Gasteiger partial charge on any atom is -0.396 e. The van der Waals surface area contributed by atoms with Crippen molar-refractivity contribution in [3.8, 4) is 0 Å². The normalized spacial score (nSPS) is 21.9. The van der Waals surface area contributed by atoms with Crippen molar-refractivity contribution in [2.45, 2.75) is 10.8 Å². The van der Waals surface area contributed by atoms with Crippen LogP contribution in [0.15, 0.2) is 46.0 Å². The Hall–Kier alpha value is -1.74. The molecular formula is C16H18N2O4S2. The number of nitrogens with zero attached hydrogens (tertiary/aromatic N) is 1. The van der Waals surface area contributed by atoms with Crippen LogP contribution in [0.5, 0.6) is 0 Å². The van der Waals surface area contributed by atoms with E-state index in [1.807, 2.05) is 16.8 Å². The molecule has 2 heterocycles. The van der Waals surface area contributed by atoms with Gasteiger partial charge in [0.25, 0.3) is 0 Å². The van der Waals surface area contributed by atoms with Gasteiger partial charge in [0.05, 0.1) is 4.90 Å². The molecule has 1 aliphatic heterocycles. The van der Waals surface area contributed by atoms with Crippen LogP contribution in [-0.2, 0) is 10.0 Å². The maximum absolute atomic E-state index is 12.9. The molecule has 0 radical (unpaired) electrons. The highest BCUT2D eigenvalue weighted by atomic mass is 32.2. The maximum atomic E-state index is 12.9. The number of hydrogen-bond donors (Lipinski definition) is 2. The molecule has 0 spiro atoms. The van der Waals surface area contributed by atoms with E-state index in [1.165, 1.54) is 28.6 Å². The number of amides is 1. The predicted octanol–water partition coefficient (Wildman–Crippen LogP) is 1.24. The molecule has 0 aliphatic carbocycles. The van der Waals surface area contributed by atoms with E-state index in [4.69, 9.17) is 5.73 Å². The Balaban J connectivity index is 1.91. The highest BCUT2D eigenvalue weighted by molar-refractivity contribution is 7.89. The van der Waals surface area contributed by atoms with E-state index in [-0.39, 0.29) is 35.4 Å². The summed E-state index contributed by atoms with van der Waals surface area (Å²) < 4.78 is 27.1. The summed E-state index contributed by atoms with van der Waals surface area (Å²) in [6.45, 7) is 0.485. The van der Waals surface area contributed by atoms with Crippen LogP contribution < -0.4 is 5.73 Å². The lowest BCUT2D eigenvalue weighted by atomic mass is 9.92. The van der Waals surface area contributed by atoms with Crippen molar-refractivity contribution in [1.29, 1.82) is 0 Å². The lowest BCUT2D eigenvalue weighted by molar-refractivity contribution is 0.1000. The molecule has 1 aromatic heterocycles. The van der Waals surface area contributed by atoms with Crippen molar-refractivity contribution in [2.75, 3.05) is 19.7 Å². The zero-order chi connectivity index (χ0) is 17.3. The summed E-state index contributed by atoms with van der Waals surface area (Å²) in [7, 11) is -3.74. The van der Waals surface area contributed by atoms with Crippen molar-refractivity contribution >= 4 is 27.3 Å². The van der Waals surface area contributed by atoms with Crippen LogP contribution >= 0.6 is 11.3 Å². The van der Waals surface area contributed by atoms with Crippen LogP contribution in [0.4, 0.5) is 0 Å². The van der Waals surface area contributed by atoms with Crippen molar-refractivity contribution in [3.63, 3.8) is 0 Å². The van der Waals surface area contributed by atoms with Crippen LogP contribution in [0.2, 0.25) is 0 Å². The molecule has 3 rings (SSSR count). The van der Waals surface area contributed by atoms with Crippen LogP contribution in [0.1, 0.15) is 21.8 Å².